The molecule has 2 saturated heterocycles. The summed E-state index contributed by atoms with van der Waals surface area (Å²) in [5.41, 5.74) is 0.129. The van der Waals surface area contributed by atoms with Gasteiger partial charge in [0.2, 0.25) is 0 Å². The minimum absolute atomic E-state index is 0. The second-order valence-electron chi connectivity index (χ2n) is 15.2. The normalized spacial score (nSPS) is 26.5. The number of epoxide rings is 1. The average molecular weight is 754 g/mol. The van der Waals surface area contributed by atoms with Crippen LogP contribution in [0.4, 0.5) is 0 Å². The molecule has 0 aromatic rings. The molecular weight excluding hydrogens is 692 g/mol. The molecule has 43 heavy (non-hydrogen) atoms. The van der Waals surface area contributed by atoms with Crippen LogP contribution in [-0.2, 0) is 33.3 Å². The molecule has 0 spiro atoms. The maximum atomic E-state index is 11.0. The third-order valence-electron chi connectivity index (χ3n) is 8.12. The summed E-state index contributed by atoms with van der Waals surface area (Å²) in [5.74, 6) is 0.416. The van der Waals surface area contributed by atoms with Gasteiger partial charge in [0.25, 0.3) is 0 Å². The number of rotatable bonds is 7. The van der Waals surface area contributed by atoms with E-state index >= 15 is 0 Å². The number of aliphatic hydroxyl groups excluding tert-OH is 1. The maximum absolute atomic E-state index is 11.0. The summed E-state index contributed by atoms with van der Waals surface area (Å²) >= 11 is 0. The number of aliphatic hydroxyl groups is 1. The molecule has 4 rings (SSSR count). The summed E-state index contributed by atoms with van der Waals surface area (Å²) in [4.78, 5) is 32.7. The molecule has 2 heterocycles. The summed E-state index contributed by atoms with van der Waals surface area (Å²) in [6.07, 6.45) is 0.690. The van der Waals surface area contributed by atoms with Crippen molar-refractivity contribution in [3.63, 3.8) is 0 Å². The minimum Gasteiger partial charge on any atom is -0.668 e. The molecule has 0 radical (unpaired) electrons. The largest absolute Gasteiger partial charge is 1.00 e. The first-order chi connectivity index (χ1) is 18.0. The Kier molecular flexibility index (Phi) is 19.7. The van der Waals surface area contributed by atoms with Gasteiger partial charge >= 0.3 is 36.8 Å². The molecule has 4 aliphatic rings. The van der Waals surface area contributed by atoms with Gasteiger partial charge in [-0.05, 0) is 10.8 Å². The molecule has 1 unspecified atom stereocenters. The van der Waals surface area contributed by atoms with Crippen LogP contribution in [0.25, 0.3) is 4.65 Å². The summed E-state index contributed by atoms with van der Waals surface area (Å²) in [7, 11) is 0.577. The first-order valence-corrected chi connectivity index (χ1v) is 21.1. The zero-order valence-corrected chi connectivity index (χ0v) is 33.2. The van der Waals surface area contributed by atoms with Crippen molar-refractivity contribution in [3.05, 3.63) is 4.65 Å². The van der Waals surface area contributed by atoms with E-state index in [1.54, 1.807) is 0 Å². The van der Waals surface area contributed by atoms with Gasteiger partial charge in [0, 0.05) is 23.9 Å². The van der Waals surface area contributed by atoms with E-state index in [1.807, 2.05) is 27.7 Å². The smallest absolute Gasteiger partial charge is 0.668 e. The molecule has 2 aliphatic heterocycles. The summed E-state index contributed by atoms with van der Waals surface area (Å²) in [6, 6.07) is 0. The average Bonchev–Trinajstić information content (AvgIpc) is 3.71. The van der Waals surface area contributed by atoms with Crippen molar-refractivity contribution in [2.75, 3.05) is 34.0 Å². The van der Waals surface area contributed by atoms with Gasteiger partial charge < -0.3 is 28.7 Å². The van der Waals surface area contributed by atoms with Crippen LogP contribution in [0.15, 0.2) is 0 Å². The van der Waals surface area contributed by atoms with Crippen molar-refractivity contribution in [2.45, 2.75) is 101 Å². The van der Waals surface area contributed by atoms with Gasteiger partial charge in [-0.3, -0.25) is 14.4 Å². The molecule has 250 valence electrons. The molecule has 2 aliphatic carbocycles. The third kappa shape index (κ3) is 15.0. The van der Waals surface area contributed by atoms with Crippen molar-refractivity contribution >= 4 is 58.4 Å². The third-order valence-corrected chi connectivity index (χ3v) is 13.5. The zero-order chi connectivity index (χ0) is 31.5. The van der Waals surface area contributed by atoms with E-state index in [4.69, 9.17) is 19.2 Å². The van der Waals surface area contributed by atoms with Gasteiger partial charge in [0.05, 0.1) is 51.8 Å². The van der Waals surface area contributed by atoms with Gasteiger partial charge in [0.15, 0.2) is 0 Å². The van der Waals surface area contributed by atoms with E-state index in [1.165, 1.54) is 14.2 Å². The fourth-order valence-electron chi connectivity index (χ4n) is 5.53. The van der Waals surface area contributed by atoms with Crippen molar-refractivity contribution in [1.29, 1.82) is 0 Å². The maximum Gasteiger partial charge on any atom is 1.00 e. The first kappa shape index (κ1) is 47.5. The number of carbonyl (C=O) groups is 3. The van der Waals surface area contributed by atoms with E-state index in [-0.39, 0.29) is 115 Å². The van der Waals surface area contributed by atoms with Crippen LogP contribution in [0.2, 0.25) is 39.3 Å². The van der Waals surface area contributed by atoms with E-state index in [0.717, 1.165) is 6.61 Å². The molecule has 1 N–H and O–H groups in total. The summed E-state index contributed by atoms with van der Waals surface area (Å²) in [6.45, 7) is 27.5. The number of hydrogen-bond donors (Lipinski definition) is 1. The monoisotopic (exact) mass is 753 g/mol. The number of fused-ring (bicyclic) bond motifs is 1. The molecule has 9 nitrogen and oxygen atoms in total. The van der Waals surface area contributed by atoms with Crippen LogP contribution in [0.1, 0.15) is 55.4 Å². The quantitative estimate of drug-likeness (QED) is 0.138. The number of nitrogens with zero attached hydrogens (tertiary/aromatic N) is 1. The van der Waals surface area contributed by atoms with Crippen LogP contribution in [0.5, 0.6) is 0 Å². The number of hydrogen-bond acceptors (Lipinski definition) is 8. The van der Waals surface area contributed by atoms with Crippen molar-refractivity contribution in [3.8, 4) is 0 Å². The fourth-order valence-corrected chi connectivity index (χ4v) is 13.6. The predicted molar refractivity (Wildman–Crippen MR) is 184 cm³/mol. The van der Waals surface area contributed by atoms with Crippen LogP contribution >= 0.6 is 24.0 Å². The second kappa shape index (κ2) is 17.8. The van der Waals surface area contributed by atoms with Gasteiger partial charge in [-0.25, -0.2) is 0 Å². The van der Waals surface area contributed by atoms with Crippen LogP contribution in [-0.4, -0.2) is 79.6 Å². The Labute approximate surface area is 293 Å². The van der Waals surface area contributed by atoms with Gasteiger partial charge in [-0.1, -0.05) is 105 Å². The van der Waals surface area contributed by atoms with Crippen LogP contribution in [0.3, 0.4) is 0 Å². The number of halogens is 1. The Hall–Kier alpha value is 0.0512. The van der Waals surface area contributed by atoms with Crippen molar-refractivity contribution < 1.29 is 57.3 Å². The summed E-state index contributed by atoms with van der Waals surface area (Å²) < 4.78 is 23.9. The molecule has 13 heteroatoms. The topological polar surface area (TPSA) is 126 Å². The van der Waals surface area contributed by atoms with Gasteiger partial charge in [0.1, 0.15) is 0 Å². The number of esters is 3. The SMILES string of the molecule is C.CC1(C)[C@@H]2C(=O)OC[C@@H]21.COC(=O)CC(C)(C)C1CO1.COC(=O)[C@@H]1[C@@H](CO)C1(C)C.C[Si](C)(C)[N-][Si](C)(C)C.I.[Li+]. The fraction of sp³-hybridized carbons (Fsp3) is 0.900. The first-order valence-electron chi connectivity index (χ1n) is 14.2. The van der Waals surface area contributed by atoms with Gasteiger partial charge in [-0.15, -0.1) is 24.0 Å². The van der Waals surface area contributed by atoms with Crippen LogP contribution < -0.4 is 18.9 Å². The Morgan fingerprint density at radius 1 is 0.977 bits per heavy atom. The molecule has 4 fully saturated rings. The molecule has 5 atom stereocenters. The van der Waals surface area contributed by atoms with Crippen LogP contribution in [0, 0.1) is 39.9 Å². The van der Waals surface area contributed by atoms with E-state index in [9.17, 15) is 14.4 Å². The molecule has 0 aromatic carbocycles. The standard InChI is InChI=1S/2C8H14O3.C7H10O2.C6H18NSi2.CH4.HI.Li/c1-8(2,6-5-11-6)4-7(9)10-3;1-8(2)5(4-9)6(8)7(10)11-3;1-7(2)4-3-9-6(8)5(4)7;1-8(2,3)7-9(4,5)6;;;/h6H,4-5H2,1-3H3;5-6,9H,4H2,1-3H3;4-5H,3H2,1-2H3;1-6H3;1H4;1H;/q;;;-1;;;+1/t;5-,6+;4-,5-;;;;/m.10..../s1. The minimum atomic E-state index is -1.11. The zero-order valence-electron chi connectivity index (χ0n) is 28.9. The molecule has 2 saturated carbocycles. The molecule has 0 amide bonds. The molecule has 0 aromatic heterocycles. The summed E-state index contributed by atoms with van der Waals surface area (Å²) in [5, 5.41) is 8.85. The Bertz CT molecular complexity index is 890. The number of carbonyl (C=O) groups excluding carboxylic acids is 3. The van der Waals surface area contributed by atoms with Crippen molar-refractivity contribution in [1.82, 2.24) is 0 Å². The van der Waals surface area contributed by atoms with E-state index in [0.29, 0.717) is 18.9 Å². The van der Waals surface area contributed by atoms with Crippen molar-refractivity contribution in [2.24, 2.45) is 39.9 Å². The number of ether oxygens (including phenoxy) is 4. The number of cyclic esters (lactones) is 1. The second-order valence-corrected chi connectivity index (χ2v) is 24.7. The van der Waals surface area contributed by atoms with E-state index < -0.39 is 16.5 Å². The Morgan fingerprint density at radius 3 is 1.65 bits per heavy atom. The Balaban J connectivity index is -0.000000487. The van der Waals surface area contributed by atoms with Gasteiger partial charge in [-0.2, -0.15) is 0 Å². The molecular formula is C30H61ILiNO8Si2. The Morgan fingerprint density at radius 2 is 1.44 bits per heavy atom. The number of methoxy groups -OCH3 is 2. The molecule has 0 bridgehead atoms. The van der Waals surface area contributed by atoms with E-state index in [2.05, 4.69) is 62.6 Å². The predicted octanol–water partition coefficient (Wildman–Crippen LogP) is 3.50.